The number of fused-ring (bicyclic) bond motifs is 4. The summed E-state index contributed by atoms with van der Waals surface area (Å²) >= 11 is 1.50. The van der Waals surface area contributed by atoms with Gasteiger partial charge >= 0.3 is 0 Å². The van der Waals surface area contributed by atoms with Gasteiger partial charge in [-0.25, -0.2) is 15.0 Å². The number of hydrogen-bond acceptors (Lipinski definition) is 5. The van der Waals surface area contributed by atoms with Crippen LogP contribution >= 0.6 is 11.3 Å². The molecule has 2 aliphatic heterocycles. The summed E-state index contributed by atoms with van der Waals surface area (Å²) < 4.78 is 0. The summed E-state index contributed by atoms with van der Waals surface area (Å²) in [7, 11) is 0. The number of aryl methyl sites for hydroxylation is 3. The van der Waals surface area contributed by atoms with E-state index in [9.17, 15) is 4.79 Å². The van der Waals surface area contributed by atoms with E-state index in [1.165, 1.54) is 11.3 Å². The summed E-state index contributed by atoms with van der Waals surface area (Å²) in [4.78, 5) is 29.2. The van der Waals surface area contributed by atoms with Crippen molar-refractivity contribution in [3.63, 3.8) is 0 Å². The molecule has 0 aromatic carbocycles. The van der Waals surface area contributed by atoms with E-state index in [1.807, 2.05) is 27.0 Å². The number of nitrogens with zero attached hydrogens (tertiary/aromatic N) is 4. The minimum atomic E-state index is 0.127. The van der Waals surface area contributed by atoms with Crippen molar-refractivity contribution in [2.75, 3.05) is 0 Å². The Kier molecular flexibility index (Phi) is 3.04. The number of aromatic nitrogens is 3. The van der Waals surface area contributed by atoms with Gasteiger partial charge in [-0.1, -0.05) is 0 Å². The van der Waals surface area contributed by atoms with Gasteiger partial charge in [0.2, 0.25) is 0 Å². The van der Waals surface area contributed by atoms with Gasteiger partial charge in [0.1, 0.15) is 10.7 Å². The third-order valence-corrected chi connectivity index (χ3v) is 5.70. The van der Waals surface area contributed by atoms with Gasteiger partial charge in [-0.3, -0.25) is 4.79 Å². The molecule has 1 saturated heterocycles. The largest absolute Gasteiger partial charge is 0.327 e. The molecule has 0 N–H and O–H groups in total. The molecule has 4 heterocycles. The van der Waals surface area contributed by atoms with E-state index in [0.29, 0.717) is 0 Å². The lowest BCUT2D eigenvalue weighted by Gasteiger charge is -2.35. The fraction of sp³-hybridized carbons (Fsp3) is 0.500. The van der Waals surface area contributed by atoms with Crippen LogP contribution in [0.1, 0.15) is 56.3 Å². The van der Waals surface area contributed by atoms with Crippen LogP contribution in [0.25, 0.3) is 0 Å². The highest BCUT2D eigenvalue weighted by Gasteiger charge is 2.44. The lowest BCUT2D eigenvalue weighted by molar-refractivity contribution is 0.0648. The van der Waals surface area contributed by atoms with E-state index in [4.69, 9.17) is 0 Å². The zero-order chi connectivity index (χ0) is 15.4. The Balaban J connectivity index is 1.74. The van der Waals surface area contributed by atoms with Crippen molar-refractivity contribution in [2.45, 2.75) is 52.1 Å². The van der Waals surface area contributed by atoms with Gasteiger partial charge in [0.05, 0.1) is 22.4 Å². The smallest absolute Gasteiger partial charge is 0.266 e. The molecule has 0 spiro atoms. The first kappa shape index (κ1) is 13.8. The minimum absolute atomic E-state index is 0.127. The maximum absolute atomic E-state index is 13.0. The molecular weight excluding hydrogens is 296 g/mol. The molecule has 2 aliphatic rings. The predicted octanol–water partition coefficient (Wildman–Crippen LogP) is 2.76. The first-order valence-electron chi connectivity index (χ1n) is 7.63. The molecule has 0 radical (unpaired) electrons. The molecule has 2 bridgehead atoms. The van der Waals surface area contributed by atoms with E-state index >= 15 is 0 Å². The molecule has 4 rings (SSSR count). The van der Waals surface area contributed by atoms with Crippen LogP contribution in [0.15, 0.2) is 6.20 Å². The Hall–Kier alpha value is -1.82. The second-order valence-electron chi connectivity index (χ2n) is 6.13. The third-order valence-electron chi connectivity index (χ3n) is 4.64. The zero-order valence-corrected chi connectivity index (χ0v) is 13.8. The van der Waals surface area contributed by atoms with E-state index in [1.54, 1.807) is 0 Å². The van der Waals surface area contributed by atoms with Crippen molar-refractivity contribution >= 4 is 17.2 Å². The number of hydrogen-bond donors (Lipinski definition) is 0. The summed E-state index contributed by atoms with van der Waals surface area (Å²) in [6, 6.07) is 0.393. The monoisotopic (exact) mass is 314 g/mol. The highest BCUT2D eigenvalue weighted by Crippen LogP contribution is 2.44. The lowest BCUT2D eigenvalue weighted by atomic mass is 9.99. The van der Waals surface area contributed by atoms with Crippen LogP contribution in [0, 0.1) is 20.8 Å². The first-order valence-corrected chi connectivity index (χ1v) is 8.45. The fourth-order valence-corrected chi connectivity index (χ4v) is 4.60. The molecule has 0 unspecified atom stereocenters. The van der Waals surface area contributed by atoms with Crippen molar-refractivity contribution < 1.29 is 4.79 Å². The SMILES string of the molecule is Cc1ncc2c(n1)C[C@@H]1CC[C@H]2N1C(=O)c1sc(C)nc1C. The topological polar surface area (TPSA) is 59.0 Å². The molecule has 6 heteroatoms. The maximum atomic E-state index is 13.0. The van der Waals surface area contributed by atoms with Gasteiger partial charge in [0.15, 0.2) is 0 Å². The Labute approximate surface area is 133 Å². The summed E-state index contributed by atoms with van der Waals surface area (Å²) in [5.74, 6) is 0.939. The third kappa shape index (κ3) is 1.97. The quantitative estimate of drug-likeness (QED) is 0.812. The van der Waals surface area contributed by atoms with Crippen LogP contribution in [0.3, 0.4) is 0 Å². The molecule has 2 aromatic rings. The second kappa shape index (κ2) is 4.84. The lowest BCUT2D eigenvalue weighted by Crippen LogP contribution is -2.42. The Morgan fingerprint density at radius 1 is 1.27 bits per heavy atom. The van der Waals surface area contributed by atoms with Crippen LogP contribution in [-0.2, 0) is 6.42 Å². The van der Waals surface area contributed by atoms with Gasteiger partial charge in [0.25, 0.3) is 5.91 Å². The average molecular weight is 314 g/mol. The molecule has 114 valence electrons. The molecule has 5 nitrogen and oxygen atoms in total. The summed E-state index contributed by atoms with van der Waals surface area (Å²) in [6.45, 7) is 5.79. The number of rotatable bonds is 1. The van der Waals surface area contributed by atoms with Gasteiger partial charge in [-0.15, -0.1) is 11.3 Å². The van der Waals surface area contributed by atoms with Crippen molar-refractivity contribution in [1.82, 2.24) is 19.9 Å². The molecule has 0 saturated carbocycles. The van der Waals surface area contributed by atoms with E-state index < -0.39 is 0 Å². The molecule has 0 aliphatic carbocycles. The second-order valence-corrected chi connectivity index (χ2v) is 7.33. The van der Waals surface area contributed by atoms with Gasteiger partial charge in [0, 0.05) is 24.2 Å². The number of carbonyl (C=O) groups excluding carboxylic acids is 1. The van der Waals surface area contributed by atoms with Crippen molar-refractivity contribution in [3.05, 3.63) is 38.9 Å². The maximum Gasteiger partial charge on any atom is 0.266 e. The number of carbonyl (C=O) groups is 1. The van der Waals surface area contributed by atoms with Crippen molar-refractivity contribution in [1.29, 1.82) is 0 Å². The van der Waals surface area contributed by atoms with Crippen LogP contribution in [0.4, 0.5) is 0 Å². The van der Waals surface area contributed by atoms with Crippen LogP contribution in [0.5, 0.6) is 0 Å². The Morgan fingerprint density at radius 2 is 2.09 bits per heavy atom. The summed E-state index contributed by atoms with van der Waals surface area (Å²) in [5.41, 5.74) is 3.10. The van der Waals surface area contributed by atoms with Crippen molar-refractivity contribution in [3.8, 4) is 0 Å². The zero-order valence-electron chi connectivity index (χ0n) is 13.0. The van der Waals surface area contributed by atoms with E-state index in [2.05, 4.69) is 19.9 Å². The average Bonchev–Trinajstić information content (AvgIpc) is 2.97. The predicted molar refractivity (Wildman–Crippen MR) is 84.0 cm³/mol. The molecule has 1 amide bonds. The summed E-state index contributed by atoms with van der Waals surface area (Å²) in [6.07, 6.45) is 4.81. The van der Waals surface area contributed by atoms with Gasteiger partial charge < -0.3 is 4.90 Å². The molecule has 2 atom stereocenters. The molecule has 2 aromatic heterocycles. The highest BCUT2D eigenvalue weighted by molar-refractivity contribution is 7.13. The number of thiazole rings is 1. The van der Waals surface area contributed by atoms with Crippen LogP contribution in [0.2, 0.25) is 0 Å². The van der Waals surface area contributed by atoms with E-state index in [0.717, 1.165) is 51.9 Å². The minimum Gasteiger partial charge on any atom is -0.327 e. The van der Waals surface area contributed by atoms with Gasteiger partial charge in [-0.05, 0) is 33.6 Å². The first-order chi connectivity index (χ1) is 10.5. The van der Waals surface area contributed by atoms with Crippen LogP contribution in [-0.4, -0.2) is 31.8 Å². The summed E-state index contributed by atoms with van der Waals surface area (Å²) in [5, 5.41) is 0.949. The molecular formula is C16H18N4OS. The van der Waals surface area contributed by atoms with Gasteiger partial charge in [-0.2, -0.15) is 0 Å². The highest BCUT2D eigenvalue weighted by atomic mass is 32.1. The van der Waals surface area contributed by atoms with Crippen molar-refractivity contribution in [2.24, 2.45) is 0 Å². The standard InChI is InChI=1S/C16H18N4OS/c1-8-15(22-10(3)18-8)16(21)20-11-4-5-14(20)12-7-17-9(2)19-13(12)6-11/h7,11,14H,4-6H2,1-3H3/t11-,14+/m0/s1. The number of amides is 1. The van der Waals surface area contributed by atoms with E-state index in [-0.39, 0.29) is 18.0 Å². The van der Waals surface area contributed by atoms with Crippen LogP contribution < -0.4 is 0 Å². The fourth-order valence-electron chi connectivity index (χ4n) is 3.73. The molecule has 22 heavy (non-hydrogen) atoms. The Morgan fingerprint density at radius 3 is 2.82 bits per heavy atom. The molecule has 1 fully saturated rings. The Bertz CT molecular complexity index is 770. The normalized spacial score (nSPS) is 22.8.